The van der Waals surface area contributed by atoms with Gasteiger partial charge in [-0.1, -0.05) is 20.8 Å². The van der Waals surface area contributed by atoms with E-state index in [0.717, 1.165) is 0 Å². The number of anilines is 1. The Morgan fingerprint density at radius 3 is 2.40 bits per heavy atom. The predicted molar refractivity (Wildman–Crippen MR) is 57.7 cm³/mol. The summed E-state index contributed by atoms with van der Waals surface area (Å²) >= 11 is 0. The first-order valence-corrected chi connectivity index (χ1v) is 4.83. The van der Waals surface area contributed by atoms with Crippen LogP contribution in [0.1, 0.15) is 32.3 Å². The van der Waals surface area contributed by atoms with Crippen molar-refractivity contribution in [3.05, 3.63) is 17.3 Å². The van der Waals surface area contributed by atoms with Gasteiger partial charge in [0.1, 0.15) is 5.82 Å². The smallest absolute Gasteiger partial charge is 0.187 e. The fourth-order valence-corrected chi connectivity index (χ4v) is 1.27. The highest BCUT2D eigenvalue weighted by Gasteiger charge is 2.16. The van der Waals surface area contributed by atoms with Gasteiger partial charge in [0, 0.05) is 6.42 Å². The third-order valence-electron chi connectivity index (χ3n) is 1.89. The summed E-state index contributed by atoms with van der Waals surface area (Å²) in [5, 5.41) is 0. The second kappa shape index (κ2) is 4.10. The molecule has 0 bridgehead atoms. The molecule has 0 saturated heterocycles. The number of hydrazine groups is 1. The molecule has 5 heteroatoms. The summed E-state index contributed by atoms with van der Waals surface area (Å²) in [5.74, 6) is 5.34. The number of nitrogens with two attached hydrogens (primary N) is 1. The van der Waals surface area contributed by atoms with Crippen molar-refractivity contribution in [2.45, 2.75) is 34.1 Å². The molecule has 0 amide bonds. The van der Waals surface area contributed by atoms with Gasteiger partial charge in [0.2, 0.25) is 0 Å². The van der Waals surface area contributed by atoms with Gasteiger partial charge in [0.15, 0.2) is 11.6 Å². The Kier molecular flexibility index (Phi) is 3.24. The van der Waals surface area contributed by atoms with Gasteiger partial charge in [0.05, 0.1) is 5.69 Å². The van der Waals surface area contributed by atoms with Crippen LogP contribution in [0.5, 0.6) is 0 Å². The molecule has 0 aliphatic carbocycles. The molecule has 0 aromatic carbocycles. The van der Waals surface area contributed by atoms with Crippen molar-refractivity contribution < 1.29 is 4.39 Å². The van der Waals surface area contributed by atoms with Crippen molar-refractivity contribution in [1.82, 2.24) is 9.97 Å². The Morgan fingerprint density at radius 2 is 1.93 bits per heavy atom. The summed E-state index contributed by atoms with van der Waals surface area (Å²) in [4.78, 5) is 8.10. The molecule has 0 unspecified atom stereocenters. The van der Waals surface area contributed by atoms with Crippen LogP contribution in [0.2, 0.25) is 0 Å². The maximum atomic E-state index is 13.3. The average Bonchev–Trinajstić information content (AvgIpc) is 2.08. The first kappa shape index (κ1) is 11.8. The zero-order valence-corrected chi connectivity index (χ0v) is 9.56. The Bertz CT molecular complexity index is 357. The minimum atomic E-state index is -0.491. The van der Waals surface area contributed by atoms with Gasteiger partial charge in [0.25, 0.3) is 0 Å². The summed E-state index contributed by atoms with van der Waals surface area (Å²) in [5.41, 5.74) is 2.62. The van der Waals surface area contributed by atoms with E-state index >= 15 is 0 Å². The van der Waals surface area contributed by atoms with Crippen LogP contribution in [-0.2, 0) is 6.42 Å². The maximum Gasteiger partial charge on any atom is 0.187 e. The molecule has 84 valence electrons. The first-order valence-electron chi connectivity index (χ1n) is 4.83. The highest BCUT2D eigenvalue weighted by Crippen LogP contribution is 2.20. The van der Waals surface area contributed by atoms with E-state index in [1.54, 1.807) is 6.92 Å². The number of nitrogen functional groups attached to an aromatic ring is 1. The zero-order chi connectivity index (χ0) is 11.6. The fourth-order valence-electron chi connectivity index (χ4n) is 1.27. The number of hydrogen-bond donors (Lipinski definition) is 2. The van der Waals surface area contributed by atoms with Crippen molar-refractivity contribution in [3.8, 4) is 0 Å². The highest BCUT2D eigenvalue weighted by molar-refractivity contribution is 5.36. The molecule has 3 N–H and O–H groups in total. The fraction of sp³-hybridized carbons (Fsp3) is 0.600. The van der Waals surface area contributed by atoms with E-state index in [1.807, 2.05) is 0 Å². The number of hydrogen-bond acceptors (Lipinski definition) is 4. The lowest BCUT2D eigenvalue weighted by Gasteiger charge is -2.17. The minimum Gasteiger partial charge on any atom is -0.306 e. The number of nitrogens with one attached hydrogen (secondary N) is 1. The quantitative estimate of drug-likeness (QED) is 0.579. The van der Waals surface area contributed by atoms with E-state index in [2.05, 4.69) is 36.2 Å². The SMILES string of the molecule is Cc1nc(CC(C)(C)C)nc(NN)c1F. The van der Waals surface area contributed by atoms with Crippen molar-refractivity contribution in [3.63, 3.8) is 0 Å². The normalized spacial score (nSPS) is 11.6. The predicted octanol–water partition coefficient (Wildman–Crippen LogP) is 1.80. The Labute approximate surface area is 89.1 Å². The lowest BCUT2D eigenvalue weighted by Crippen LogP contribution is -2.17. The van der Waals surface area contributed by atoms with E-state index in [-0.39, 0.29) is 11.2 Å². The van der Waals surface area contributed by atoms with Crippen LogP contribution in [0.15, 0.2) is 0 Å². The zero-order valence-electron chi connectivity index (χ0n) is 9.56. The molecule has 0 fully saturated rings. The molecular weight excluding hydrogens is 195 g/mol. The molecular formula is C10H17FN4. The van der Waals surface area contributed by atoms with E-state index < -0.39 is 5.82 Å². The van der Waals surface area contributed by atoms with E-state index in [0.29, 0.717) is 17.9 Å². The van der Waals surface area contributed by atoms with Crippen molar-refractivity contribution in [1.29, 1.82) is 0 Å². The van der Waals surface area contributed by atoms with Gasteiger partial charge < -0.3 is 5.43 Å². The third kappa shape index (κ3) is 3.13. The molecule has 1 heterocycles. The van der Waals surface area contributed by atoms with Crippen LogP contribution in [0.3, 0.4) is 0 Å². The van der Waals surface area contributed by atoms with Gasteiger partial charge >= 0.3 is 0 Å². The minimum absolute atomic E-state index is 0.0572. The topological polar surface area (TPSA) is 63.8 Å². The van der Waals surface area contributed by atoms with Gasteiger partial charge in [-0.2, -0.15) is 0 Å². The number of aryl methyl sites for hydroxylation is 1. The molecule has 0 aliphatic rings. The summed E-state index contributed by atoms with van der Waals surface area (Å²) in [6.07, 6.45) is 0.683. The third-order valence-corrected chi connectivity index (χ3v) is 1.89. The number of rotatable bonds is 2. The van der Waals surface area contributed by atoms with Gasteiger partial charge in [-0.05, 0) is 12.3 Å². The van der Waals surface area contributed by atoms with Crippen molar-refractivity contribution >= 4 is 5.82 Å². The molecule has 15 heavy (non-hydrogen) atoms. The molecule has 0 radical (unpaired) electrons. The van der Waals surface area contributed by atoms with Crippen LogP contribution in [0.25, 0.3) is 0 Å². The molecule has 0 atom stereocenters. The average molecular weight is 212 g/mol. The van der Waals surface area contributed by atoms with E-state index in [1.165, 1.54) is 0 Å². The largest absolute Gasteiger partial charge is 0.306 e. The lowest BCUT2D eigenvalue weighted by atomic mass is 9.92. The summed E-state index contributed by atoms with van der Waals surface area (Å²) in [7, 11) is 0. The molecule has 0 aliphatic heterocycles. The van der Waals surface area contributed by atoms with Crippen molar-refractivity contribution in [2.75, 3.05) is 5.43 Å². The molecule has 0 spiro atoms. The van der Waals surface area contributed by atoms with Gasteiger partial charge in [-0.15, -0.1) is 0 Å². The van der Waals surface area contributed by atoms with Crippen LogP contribution in [-0.4, -0.2) is 9.97 Å². The van der Waals surface area contributed by atoms with Gasteiger partial charge in [-0.25, -0.2) is 20.2 Å². The number of aromatic nitrogens is 2. The summed E-state index contributed by atoms with van der Waals surface area (Å²) in [6, 6.07) is 0. The van der Waals surface area contributed by atoms with Crippen LogP contribution in [0.4, 0.5) is 10.2 Å². The summed E-state index contributed by atoms with van der Waals surface area (Å²) < 4.78 is 13.3. The monoisotopic (exact) mass is 212 g/mol. The van der Waals surface area contributed by atoms with Crippen LogP contribution in [0, 0.1) is 18.2 Å². The van der Waals surface area contributed by atoms with Gasteiger partial charge in [-0.3, -0.25) is 0 Å². The second-order valence-corrected chi connectivity index (χ2v) is 4.77. The number of nitrogens with zero attached hydrogens (tertiary/aromatic N) is 2. The lowest BCUT2D eigenvalue weighted by molar-refractivity contribution is 0.399. The van der Waals surface area contributed by atoms with E-state index in [9.17, 15) is 4.39 Å². The highest BCUT2D eigenvalue weighted by atomic mass is 19.1. The second-order valence-electron chi connectivity index (χ2n) is 4.77. The Morgan fingerprint density at radius 1 is 1.33 bits per heavy atom. The van der Waals surface area contributed by atoms with Crippen molar-refractivity contribution in [2.24, 2.45) is 11.3 Å². The molecule has 1 aromatic heterocycles. The Hall–Kier alpha value is -1.23. The molecule has 4 nitrogen and oxygen atoms in total. The number of halogens is 1. The Balaban J connectivity index is 3.06. The van der Waals surface area contributed by atoms with Crippen LogP contribution >= 0.6 is 0 Å². The standard InChI is InChI=1S/C10H17FN4/c1-6-8(11)9(15-12)14-7(13-6)5-10(2,3)4/h5,12H2,1-4H3,(H,13,14,15). The molecule has 1 aromatic rings. The van der Waals surface area contributed by atoms with E-state index in [4.69, 9.17) is 5.84 Å². The molecule has 1 rings (SSSR count). The maximum absolute atomic E-state index is 13.3. The first-order chi connectivity index (χ1) is 6.83. The molecule has 0 saturated carbocycles. The van der Waals surface area contributed by atoms with Crippen LogP contribution < -0.4 is 11.3 Å². The summed E-state index contributed by atoms with van der Waals surface area (Å²) in [6.45, 7) is 7.82.